The summed E-state index contributed by atoms with van der Waals surface area (Å²) >= 11 is 1.33. The molecule has 9 heteroatoms. The largest absolute Gasteiger partial charge is 0.492 e. The van der Waals surface area contributed by atoms with Gasteiger partial charge >= 0.3 is 0 Å². The Hall–Kier alpha value is -1.97. The Labute approximate surface area is 176 Å². The number of sulfonamides is 1. The molecule has 1 saturated heterocycles. The van der Waals surface area contributed by atoms with Crippen molar-refractivity contribution in [1.82, 2.24) is 9.29 Å². The van der Waals surface area contributed by atoms with Gasteiger partial charge < -0.3 is 10.1 Å². The minimum atomic E-state index is -3.68. The fourth-order valence-corrected chi connectivity index (χ4v) is 5.59. The molecule has 0 spiro atoms. The van der Waals surface area contributed by atoms with Gasteiger partial charge in [0.2, 0.25) is 10.0 Å². The maximum absolute atomic E-state index is 13.1. The van der Waals surface area contributed by atoms with E-state index in [1.165, 1.54) is 21.7 Å². The molecule has 0 unspecified atom stereocenters. The monoisotopic (exact) mass is 437 g/mol. The molecule has 158 valence electrons. The zero-order valence-corrected chi connectivity index (χ0v) is 18.8. The van der Waals surface area contributed by atoms with Gasteiger partial charge in [0.05, 0.1) is 17.8 Å². The first-order chi connectivity index (χ1) is 13.6. The lowest BCUT2D eigenvalue weighted by Gasteiger charge is -2.19. The molecule has 1 amide bonds. The van der Waals surface area contributed by atoms with Crippen LogP contribution in [0.5, 0.6) is 5.75 Å². The number of hydrogen-bond donors (Lipinski definition) is 1. The second-order valence-electron chi connectivity index (χ2n) is 7.94. The van der Waals surface area contributed by atoms with Crippen LogP contribution in [0.15, 0.2) is 29.3 Å². The van der Waals surface area contributed by atoms with Crippen LogP contribution in [0.1, 0.15) is 55.2 Å². The van der Waals surface area contributed by atoms with E-state index in [-0.39, 0.29) is 16.2 Å². The summed E-state index contributed by atoms with van der Waals surface area (Å²) in [6, 6.07) is 4.72. The van der Waals surface area contributed by atoms with Gasteiger partial charge in [-0.2, -0.15) is 4.31 Å². The van der Waals surface area contributed by atoms with E-state index in [0.29, 0.717) is 36.0 Å². The zero-order chi connectivity index (χ0) is 21.2. The number of aromatic nitrogens is 1. The predicted molar refractivity (Wildman–Crippen MR) is 114 cm³/mol. The van der Waals surface area contributed by atoms with Crippen molar-refractivity contribution in [2.75, 3.05) is 25.0 Å². The first-order valence-corrected chi connectivity index (χ1v) is 11.9. The Kier molecular flexibility index (Phi) is 6.30. The lowest BCUT2D eigenvalue weighted by molar-refractivity contribution is 0.103. The normalized spacial score (nSPS) is 15.4. The summed E-state index contributed by atoms with van der Waals surface area (Å²) in [6.07, 6.45) is 3.25. The van der Waals surface area contributed by atoms with Crippen LogP contribution < -0.4 is 10.1 Å². The molecule has 0 aliphatic carbocycles. The Bertz CT molecular complexity index is 987. The van der Waals surface area contributed by atoms with Crippen molar-refractivity contribution in [3.8, 4) is 5.75 Å². The summed E-state index contributed by atoms with van der Waals surface area (Å²) in [5, 5.41) is 3.66. The quantitative estimate of drug-likeness (QED) is 0.741. The number of carbonyl (C=O) groups is 1. The van der Waals surface area contributed by atoms with Crippen LogP contribution in [0.25, 0.3) is 0 Å². The summed E-state index contributed by atoms with van der Waals surface area (Å²) in [5.74, 6) is -0.0168. The molecule has 1 aromatic carbocycles. The molecule has 1 aromatic heterocycles. The molecule has 2 heterocycles. The summed E-state index contributed by atoms with van der Waals surface area (Å²) in [6.45, 7) is 9.27. The van der Waals surface area contributed by atoms with Gasteiger partial charge in [0.15, 0.2) is 0 Å². The van der Waals surface area contributed by atoms with E-state index in [0.717, 1.165) is 17.8 Å². The van der Waals surface area contributed by atoms with E-state index in [9.17, 15) is 13.2 Å². The molecule has 3 rings (SSSR count). The maximum atomic E-state index is 13.1. The van der Waals surface area contributed by atoms with Gasteiger partial charge in [-0.3, -0.25) is 4.79 Å². The van der Waals surface area contributed by atoms with E-state index in [1.807, 2.05) is 20.8 Å². The second kappa shape index (κ2) is 8.41. The van der Waals surface area contributed by atoms with E-state index in [4.69, 9.17) is 4.74 Å². The number of nitrogens with one attached hydrogen (secondary N) is 1. The van der Waals surface area contributed by atoms with Crippen molar-refractivity contribution in [2.45, 2.75) is 50.8 Å². The average Bonchev–Trinajstić information content (AvgIpc) is 3.35. The number of thiazole rings is 1. The third-order valence-corrected chi connectivity index (χ3v) is 7.90. The van der Waals surface area contributed by atoms with Crippen LogP contribution in [0.2, 0.25) is 0 Å². The van der Waals surface area contributed by atoms with Crippen molar-refractivity contribution >= 4 is 33.0 Å². The summed E-state index contributed by atoms with van der Waals surface area (Å²) in [7, 11) is -3.68. The zero-order valence-electron chi connectivity index (χ0n) is 17.2. The van der Waals surface area contributed by atoms with Crippen LogP contribution >= 0.6 is 11.3 Å². The standard InChI is InChI=1S/C20H27N3O4S2/c1-5-27-15-9-8-14(12-17(15)29(25,26)23-10-6-7-11-23)22-18(24)16-13-21-19(28-16)20(2,3)4/h8-9,12-13H,5-7,10-11H2,1-4H3,(H,22,24). The highest BCUT2D eigenvalue weighted by Gasteiger charge is 2.30. The molecule has 0 saturated carbocycles. The van der Waals surface area contributed by atoms with Crippen LogP contribution in [0.3, 0.4) is 0 Å². The average molecular weight is 438 g/mol. The van der Waals surface area contributed by atoms with E-state index in [1.54, 1.807) is 25.3 Å². The summed E-state index contributed by atoms with van der Waals surface area (Å²) in [5.41, 5.74) is 0.265. The Morgan fingerprint density at radius 3 is 2.55 bits per heavy atom. The predicted octanol–water partition coefficient (Wildman–Crippen LogP) is 3.88. The fourth-order valence-electron chi connectivity index (χ4n) is 3.05. The summed E-state index contributed by atoms with van der Waals surface area (Å²) < 4.78 is 33.2. The third kappa shape index (κ3) is 4.79. The molecular weight excluding hydrogens is 410 g/mol. The van der Waals surface area contributed by atoms with Crippen LogP contribution in [0.4, 0.5) is 5.69 Å². The van der Waals surface area contributed by atoms with Crippen LogP contribution in [0, 0.1) is 0 Å². The molecule has 1 fully saturated rings. The van der Waals surface area contributed by atoms with Crippen molar-refractivity contribution in [3.05, 3.63) is 34.3 Å². The number of carbonyl (C=O) groups excluding carboxylic acids is 1. The number of ether oxygens (including phenoxy) is 1. The number of nitrogens with zero attached hydrogens (tertiary/aromatic N) is 2. The third-order valence-electron chi connectivity index (χ3n) is 4.56. The van der Waals surface area contributed by atoms with E-state index in [2.05, 4.69) is 10.3 Å². The number of rotatable bonds is 6. The van der Waals surface area contributed by atoms with Gasteiger partial charge in [-0.1, -0.05) is 20.8 Å². The minimum absolute atomic E-state index is 0.0822. The molecule has 1 N–H and O–H groups in total. The van der Waals surface area contributed by atoms with Crippen LogP contribution in [-0.4, -0.2) is 43.3 Å². The molecule has 0 radical (unpaired) electrons. The van der Waals surface area contributed by atoms with Crippen molar-refractivity contribution in [3.63, 3.8) is 0 Å². The number of anilines is 1. The van der Waals surface area contributed by atoms with Gasteiger partial charge in [0, 0.05) is 24.2 Å². The van der Waals surface area contributed by atoms with Gasteiger partial charge in [0.25, 0.3) is 5.91 Å². The molecule has 7 nitrogen and oxygen atoms in total. The summed E-state index contributed by atoms with van der Waals surface area (Å²) in [4.78, 5) is 17.5. The van der Waals surface area contributed by atoms with Crippen molar-refractivity contribution in [2.24, 2.45) is 0 Å². The number of hydrogen-bond acceptors (Lipinski definition) is 6. The minimum Gasteiger partial charge on any atom is -0.492 e. The first-order valence-electron chi connectivity index (χ1n) is 9.67. The van der Waals surface area contributed by atoms with Crippen molar-refractivity contribution in [1.29, 1.82) is 0 Å². The Balaban J connectivity index is 1.88. The molecule has 1 aliphatic rings. The van der Waals surface area contributed by atoms with Gasteiger partial charge in [0.1, 0.15) is 15.5 Å². The van der Waals surface area contributed by atoms with Gasteiger partial charge in [-0.05, 0) is 38.0 Å². The molecule has 2 aromatic rings. The Morgan fingerprint density at radius 1 is 1.28 bits per heavy atom. The number of benzene rings is 1. The van der Waals surface area contributed by atoms with Crippen LogP contribution in [-0.2, 0) is 15.4 Å². The van der Waals surface area contributed by atoms with E-state index >= 15 is 0 Å². The molecule has 29 heavy (non-hydrogen) atoms. The molecule has 0 bridgehead atoms. The SMILES string of the molecule is CCOc1ccc(NC(=O)c2cnc(C(C)(C)C)s2)cc1S(=O)(=O)N1CCCC1. The lowest BCUT2D eigenvalue weighted by atomic mass is 9.98. The van der Waals surface area contributed by atoms with E-state index < -0.39 is 10.0 Å². The highest BCUT2D eigenvalue weighted by Crippen LogP contribution is 2.32. The van der Waals surface area contributed by atoms with Gasteiger partial charge in [-0.25, -0.2) is 13.4 Å². The highest BCUT2D eigenvalue weighted by atomic mass is 32.2. The molecule has 0 atom stereocenters. The lowest BCUT2D eigenvalue weighted by Crippen LogP contribution is -2.28. The first kappa shape index (κ1) is 21.7. The number of amides is 1. The van der Waals surface area contributed by atoms with Crippen molar-refractivity contribution < 1.29 is 17.9 Å². The fraction of sp³-hybridized carbons (Fsp3) is 0.500. The smallest absolute Gasteiger partial charge is 0.267 e. The molecular formula is C20H27N3O4S2. The Morgan fingerprint density at radius 2 is 1.97 bits per heavy atom. The van der Waals surface area contributed by atoms with Gasteiger partial charge in [-0.15, -0.1) is 11.3 Å². The second-order valence-corrected chi connectivity index (χ2v) is 10.9. The topological polar surface area (TPSA) is 88.6 Å². The maximum Gasteiger partial charge on any atom is 0.267 e. The highest BCUT2D eigenvalue weighted by molar-refractivity contribution is 7.89. The molecule has 1 aliphatic heterocycles.